The Balaban J connectivity index is 1.97. The van der Waals surface area contributed by atoms with Gasteiger partial charge in [0.2, 0.25) is 5.95 Å². The van der Waals surface area contributed by atoms with E-state index in [1.54, 1.807) is 0 Å². The Hall–Kier alpha value is -3.03. The van der Waals surface area contributed by atoms with Gasteiger partial charge in [0, 0.05) is 0 Å². The summed E-state index contributed by atoms with van der Waals surface area (Å²) < 4.78 is 7.00. The van der Waals surface area contributed by atoms with E-state index in [1.807, 2.05) is 31.2 Å². The molecular weight excluding hydrogens is 258 g/mol. The van der Waals surface area contributed by atoms with E-state index in [2.05, 4.69) is 25.0 Å². The highest BCUT2D eigenvalue weighted by Crippen LogP contribution is 2.22. The van der Waals surface area contributed by atoms with Crippen molar-refractivity contribution in [1.29, 1.82) is 0 Å². The van der Waals surface area contributed by atoms with Gasteiger partial charge in [0.15, 0.2) is 0 Å². The Bertz CT molecular complexity index is 726. The number of aromatic nitrogens is 6. The zero-order valence-corrected chi connectivity index (χ0v) is 10.6. The molecular formula is C12H11N7O. The molecule has 0 saturated carbocycles. The molecule has 2 heterocycles. The van der Waals surface area contributed by atoms with Crippen molar-refractivity contribution < 1.29 is 4.74 Å². The molecule has 100 valence electrons. The van der Waals surface area contributed by atoms with Gasteiger partial charge >= 0.3 is 6.01 Å². The van der Waals surface area contributed by atoms with E-state index in [1.165, 1.54) is 17.3 Å². The SMILES string of the molecule is Cc1ccccc1Oc1nc(N)nc(-n2cncn2)n1. The van der Waals surface area contributed by atoms with Crippen molar-refractivity contribution in [3.05, 3.63) is 42.5 Å². The largest absolute Gasteiger partial charge is 0.424 e. The molecule has 1 aromatic carbocycles. The van der Waals surface area contributed by atoms with Gasteiger partial charge < -0.3 is 10.5 Å². The Morgan fingerprint density at radius 1 is 1.15 bits per heavy atom. The predicted octanol–water partition coefficient (Wildman–Crippen LogP) is 1.14. The van der Waals surface area contributed by atoms with Gasteiger partial charge in [-0.25, -0.2) is 4.98 Å². The molecule has 0 aliphatic rings. The summed E-state index contributed by atoms with van der Waals surface area (Å²) in [6.07, 6.45) is 2.84. The third-order valence-corrected chi connectivity index (χ3v) is 2.54. The Morgan fingerprint density at radius 3 is 2.75 bits per heavy atom. The van der Waals surface area contributed by atoms with Crippen LogP contribution in [0.1, 0.15) is 5.56 Å². The number of benzene rings is 1. The van der Waals surface area contributed by atoms with Gasteiger partial charge in [-0.1, -0.05) is 18.2 Å². The predicted molar refractivity (Wildman–Crippen MR) is 70.4 cm³/mol. The summed E-state index contributed by atoms with van der Waals surface area (Å²) in [4.78, 5) is 15.9. The minimum Gasteiger partial charge on any atom is -0.424 e. The number of para-hydroxylation sites is 1. The lowest BCUT2D eigenvalue weighted by Gasteiger charge is -2.07. The fourth-order valence-electron chi connectivity index (χ4n) is 1.59. The molecule has 8 heteroatoms. The summed E-state index contributed by atoms with van der Waals surface area (Å²) in [5.74, 6) is 0.954. The number of ether oxygens (including phenoxy) is 1. The molecule has 0 aliphatic carbocycles. The molecule has 2 aromatic heterocycles. The fraction of sp³-hybridized carbons (Fsp3) is 0.0833. The first-order chi connectivity index (χ1) is 9.72. The Morgan fingerprint density at radius 2 is 2.00 bits per heavy atom. The molecule has 2 N–H and O–H groups in total. The molecule has 20 heavy (non-hydrogen) atoms. The summed E-state index contributed by atoms with van der Waals surface area (Å²) in [7, 11) is 0. The van der Waals surface area contributed by atoms with E-state index in [4.69, 9.17) is 10.5 Å². The van der Waals surface area contributed by atoms with Crippen LogP contribution in [-0.2, 0) is 0 Å². The van der Waals surface area contributed by atoms with E-state index < -0.39 is 0 Å². The molecule has 8 nitrogen and oxygen atoms in total. The number of hydrogen-bond donors (Lipinski definition) is 1. The first-order valence-corrected chi connectivity index (χ1v) is 5.82. The fourth-order valence-corrected chi connectivity index (χ4v) is 1.59. The second-order valence-electron chi connectivity index (χ2n) is 3.98. The number of hydrogen-bond acceptors (Lipinski definition) is 7. The molecule has 0 aliphatic heterocycles. The lowest BCUT2D eigenvalue weighted by molar-refractivity contribution is 0.435. The second kappa shape index (κ2) is 4.92. The van der Waals surface area contributed by atoms with Gasteiger partial charge in [-0.05, 0) is 18.6 Å². The van der Waals surface area contributed by atoms with Crippen LogP contribution in [0, 0.1) is 6.92 Å². The number of rotatable bonds is 3. The summed E-state index contributed by atoms with van der Waals surface area (Å²) in [6, 6.07) is 7.65. The van der Waals surface area contributed by atoms with Gasteiger partial charge in [0.1, 0.15) is 18.4 Å². The lowest BCUT2D eigenvalue weighted by atomic mass is 10.2. The number of aryl methyl sites for hydroxylation is 1. The maximum absolute atomic E-state index is 5.65. The number of nitrogens with two attached hydrogens (primary N) is 1. The number of nitrogens with zero attached hydrogens (tertiary/aromatic N) is 6. The monoisotopic (exact) mass is 269 g/mol. The third-order valence-electron chi connectivity index (χ3n) is 2.54. The van der Waals surface area contributed by atoms with Crippen molar-refractivity contribution in [3.8, 4) is 17.7 Å². The molecule has 0 radical (unpaired) electrons. The summed E-state index contributed by atoms with van der Waals surface area (Å²) in [6.45, 7) is 1.93. The van der Waals surface area contributed by atoms with Crippen molar-refractivity contribution in [2.45, 2.75) is 6.92 Å². The van der Waals surface area contributed by atoms with Crippen LogP contribution < -0.4 is 10.5 Å². The van der Waals surface area contributed by atoms with E-state index in [0.717, 1.165) is 5.56 Å². The quantitative estimate of drug-likeness (QED) is 0.759. The summed E-state index contributed by atoms with van der Waals surface area (Å²) in [5, 5.41) is 3.93. The van der Waals surface area contributed by atoms with Gasteiger partial charge in [0.25, 0.3) is 5.95 Å². The summed E-state index contributed by atoms with van der Waals surface area (Å²) in [5.41, 5.74) is 6.62. The third kappa shape index (κ3) is 2.39. The van der Waals surface area contributed by atoms with Gasteiger partial charge in [-0.3, -0.25) is 0 Å². The average Bonchev–Trinajstić information content (AvgIpc) is 2.95. The van der Waals surface area contributed by atoms with Crippen LogP contribution in [0.15, 0.2) is 36.9 Å². The topological polar surface area (TPSA) is 105 Å². The van der Waals surface area contributed by atoms with Crippen LogP contribution in [0.25, 0.3) is 5.95 Å². The minimum absolute atomic E-state index is 0.0501. The van der Waals surface area contributed by atoms with Gasteiger partial charge in [-0.15, -0.1) is 0 Å². The smallest absolute Gasteiger partial charge is 0.328 e. The van der Waals surface area contributed by atoms with Crippen LogP contribution in [-0.4, -0.2) is 29.7 Å². The molecule has 3 aromatic rings. The Labute approximate surface area is 114 Å². The van der Waals surface area contributed by atoms with Crippen molar-refractivity contribution in [2.24, 2.45) is 0 Å². The van der Waals surface area contributed by atoms with Crippen LogP contribution >= 0.6 is 0 Å². The maximum Gasteiger partial charge on any atom is 0.328 e. The first kappa shape index (κ1) is 12.0. The molecule has 0 spiro atoms. The molecule has 0 atom stereocenters. The molecule has 0 amide bonds. The number of anilines is 1. The van der Waals surface area contributed by atoms with E-state index in [0.29, 0.717) is 5.75 Å². The molecule has 3 rings (SSSR count). The highest BCUT2D eigenvalue weighted by Gasteiger charge is 2.09. The standard InChI is InChI=1S/C12H11N7O/c1-8-4-2-3-5-9(8)20-12-17-10(13)16-11(18-12)19-7-14-6-15-19/h2-7H,1H3,(H2,13,16,17,18). The molecule has 0 saturated heterocycles. The van der Waals surface area contributed by atoms with Crippen LogP contribution in [0.4, 0.5) is 5.95 Å². The highest BCUT2D eigenvalue weighted by molar-refractivity contribution is 5.35. The van der Waals surface area contributed by atoms with E-state index >= 15 is 0 Å². The zero-order chi connectivity index (χ0) is 13.9. The first-order valence-electron chi connectivity index (χ1n) is 5.82. The lowest BCUT2D eigenvalue weighted by Crippen LogP contribution is -2.08. The number of nitrogen functional groups attached to an aromatic ring is 1. The van der Waals surface area contributed by atoms with Crippen molar-refractivity contribution >= 4 is 5.95 Å². The van der Waals surface area contributed by atoms with Gasteiger partial charge in [-0.2, -0.15) is 24.7 Å². The van der Waals surface area contributed by atoms with Crippen LogP contribution in [0.3, 0.4) is 0 Å². The second-order valence-corrected chi connectivity index (χ2v) is 3.98. The van der Waals surface area contributed by atoms with Gasteiger partial charge in [0.05, 0.1) is 0 Å². The van der Waals surface area contributed by atoms with E-state index in [9.17, 15) is 0 Å². The van der Waals surface area contributed by atoms with Crippen molar-refractivity contribution in [2.75, 3.05) is 5.73 Å². The van der Waals surface area contributed by atoms with Crippen molar-refractivity contribution in [1.82, 2.24) is 29.7 Å². The van der Waals surface area contributed by atoms with Crippen molar-refractivity contribution in [3.63, 3.8) is 0 Å². The van der Waals surface area contributed by atoms with Crippen LogP contribution in [0.5, 0.6) is 11.8 Å². The normalized spacial score (nSPS) is 10.4. The molecule has 0 unspecified atom stereocenters. The zero-order valence-electron chi connectivity index (χ0n) is 10.6. The highest BCUT2D eigenvalue weighted by atomic mass is 16.5. The maximum atomic E-state index is 5.65. The Kier molecular flexibility index (Phi) is 2.96. The van der Waals surface area contributed by atoms with Crippen LogP contribution in [0.2, 0.25) is 0 Å². The summed E-state index contributed by atoms with van der Waals surface area (Å²) >= 11 is 0. The average molecular weight is 269 g/mol. The molecule has 0 fully saturated rings. The molecule has 0 bridgehead atoms. The van der Waals surface area contributed by atoms with E-state index in [-0.39, 0.29) is 17.9 Å². The minimum atomic E-state index is 0.0501.